The zero-order chi connectivity index (χ0) is 8.53. The normalized spacial score (nSPS) is 9.64. The van der Waals surface area contributed by atoms with Crippen LogP contribution in [0.3, 0.4) is 0 Å². The van der Waals surface area contributed by atoms with Gasteiger partial charge >= 0.3 is 5.97 Å². The number of ether oxygens (including phenoxy) is 1. The maximum absolute atomic E-state index is 10.7. The average molecular weight is 160 g/mol. The highest BCUT2D eigenvalue weighted by atomic mass is 16.5. The molecule has 0 fully saturated rings. The molecule has 0 amide bonds. The molecule has 0 saturated carbocycles. The second-order valence-electron chi connectivity index (χ2n) is 2.40. The van der Waals surface area contributed by atoms with E-state index in [1.165, 1.54) is 0 Å². The number of carbonyl (C=O) groups excluding carboxylic acids is 1. The highest BCUT2D eigenvalue weighted by Gasteiger charge is 1.99. The van der Waals surface area contributed by atoms with Gasteiger partial charge in [0.25, 0.3) is 0 Å². The second-order valence-corrected chi connectivity index (χ2v) is 2.40. The summed E-state index contributed by atoms with van der Waals surface area (Å²) in [4.78, 5) is 10.7. The fourth-order valence-corrected chi connectivity index (χ4v) is 0.751. The summed E-state index contributed by atoms with van der Waals surface area (Å²) in [6, 6.07) is 0. The third-order valence-corrected chi connectivity index (χ3v) is 1.34. The van der Waals surface area contributed by atoms with E-state index in [9.17, 15) is 4.79 Å². The van der Waals surface area contributed by atoms with Gasteiger partial charge in [-0.1, -0.05) is 19.8 Å². The number of hydrogen-bond acceptors (Lipinski definition) is 3. The molecule has 11 heavy (non-hydrogen) atoms. The Morgan fingerprint density at radius 2 is 2.18 bits per heavy atom. The van der Waals surface area contributed by atoms with Gasteiger partial charge in [0.1, 0.15) is 6.61 Å². The Balaban J connectivity index is 3.09. The van der Waals surface area contributed by atoms with Crippen molar-refractivity contribution in [3.63, 3.8) is 0 Å². The van der Waals surface area contributed by atoms with E-state index in [4.69, 9.17) is 5.11 Å². The maximum atomic E-state index is 10.7. The summed E-state index contributed by atoms with van der Waals surface area (Å²) in [7, 11) is 0. The van der Waals surface area contributed by atoms with Gasteiger partial charge in [-0.2, -0.15) is 0 Å². The molecular formula is C8H16O3. The Morgan fingerprint density at radius 1 is 1.45 bits per heavy atom. The van der Waals surface area contributed by atoms with Gasteiger partial charge in [0.15, 0.2) is 0 Å². The average Bonchev–Trinajstić information content (AvgIpc) is 2.01. The first kappa shape index (κ1) is 10.4. The van der Waals surface area contributed by atoms with Crippen molar-refractivity contribution in [2.24, 2.45) is 0 Å². The van der Waals surface area contributed by atoms with Gasteiger partial charge in [-0.15, -0.1) is 0 Å². The Kier molecular flexibility index (Phi) is 7.15. The fourth-order valence-electron chi connectivity index (χ4n) is 0.751. The van der Waals surface area contributed by atoms with Crippen molar-refractivity contribution in [1.82, 2.24) is 0 Å². The lowest BCUT2D eigenvalue weighted by molar-refractivity contribution is -0.144. The molecule has 1 N–H and O–H groups in total. The van der Waals surface area contributed by atoms with Gasteiger partial charge in [0.05, 0.1) is 6.61 Å². The topological polar surface area (TPSA) is 46.5 Å². The lowest BCUT2D eigenvalue weighted by Gasteiger charge is -2.00. The third kappa shape index (κ3) is 7.33. The number of rotatable bonds is 6. The van der Waals surface area contributed by atoms with E-state index in [-0.39, 0.29) is 19.2 Å². The number of aliphatic hydroxyl groups excluding tert-OH is 1. The predicted molar refractivity (Wildman–Crippen MR) is 42.2 cm³/mol. The van der Waals surface area contributed by atoms with E-state index in [1.54, 1.807) is 0 Å². The molecule has 66 valence electrons. The standard InChI is InChI=1S/C8H16O3/c1-2-3-4-5-8(10)11-7-6-9/h9H,2-7H2,1H3. The van der Waals surface area contributed by atoms with Crippen LogP contribution in [0.5, 0.6) is 0 Å². The number of aliphatic hydroxyl groups is 1. The Labute approximate surface area is 67.4 Å². The lowest BCUT2D eigenvalue weighted by atomic mass is 10.2. The van der Waals surface area contributed by atoms with Crippen LogP contribution in [0.25, 0.3) is 0 Å². The summed E-state index contributed by atoms with van der Waals surface area (Å²) in [5, 5.41) is 8.31. The van der Waals surface area contributed by atoms with E-state index >= 15 is 0 Å². The van der Waals surface area contributed by atoms with Crippen molar-refractivity contribution >= 4 is 5.97 Å². The Hall–Kier alpha value is -0.570. The molecule has 3 heteroatoms. The molecular weight excluding hydrogens is 144 g/mol. The van der Waals surface area contributed by atoms with Crippen molar-refractivity contribution in [2.45, 2.75) is 32.6 Å². The first-order valence-corrected chi connectivity index (χ1v) is 4.07. The zero-order valence-electron chi connectivity index (χ0n) is 7.01. The van der Waals surface area contributed by atoms with Crippen LogP contribution >= 0.6 is 0 Å². The van der Waals surface area contributed by atoms with Crippen LogP contribution in [0.2, 0.25) is 0 Å². The Morgan fingerprint density at radius 3 is 2.73 bits per heavy atom. The predicted octanol–water partition coefficient (Wildman–Crippen LogP) is 1.10. The van der Waals surface area contributed by atoms with Gasteiger partial charge in [-0.25, -0.2) is 0 Å². The van der Waals surface area contributed by atoms with Crippen LogP contribution in [-0.4, -0.2) is 24.3 Å². The first-order valence-electron chi connectivity index (χ1n) is 4.07. The lowest BCUT2D eigenvalue weighted by Crippen LogP contribution is -2.07. The molecule has 0 heterocycles. The van der Waals surface area contributed by atoms with Crippen LogP contribution in [0.1, 0.15) is 32.6 Å². The van der Waals surface area contributed by atoms with Gasteiger partial charge in [-0.05, 0) is 6.42 Å². The molecule has 0 aliphatic rings. The molecule has 0 atom stereocenters. The van der Waals surface area contributed by atoms with Crippen LogP contribution in [-0.2, 0) is 9.53 Å². The largest absolute Gasteiger partial charge is 0.463 e. The SMILES string of the molecule is CCCCCC(=O)OCCO. The molecule has 0 spiro atoms. The van der Waals surface area contributed by atoms with Gasteiger partial charge in [0.2, 0.25) is 0 Å². The summed E-state index contributed by atoms with van der Waals surface area (Å²) in [6.45, 7) is 2.13. The number of carbonyl (C=O) groups is 1. The smallest absolute Gasteiger partial charge is 0.305 e. The molecule has 0 rings (SSSR count). The summed E-state index contributed by atoms with van der Waals surface area (Å²) < 4.78 is 4.65. The van der Waals surface area contributed by atoms with Gasteiger partial charge in [0, 0.05) is 6.42 Å². The summed E-state index contributed by atoms with van der Waals surface area (Å²) in [5.41, 5.74) is 0. The minimum absolute atomic E-state index is 0.0838. The molecule has 0 aromatic heterocycles. The summed E-state index contributed by atoms with van der Waals surface area (Å²) in [5.74, 6) is -0.201. The zero-order valence-corrected chi connectivity index (χ0v) is 7.01. The van der Waals surface area contributed by atoms with Crippen molar-refractivity contribution in [1.29, 1.82) is 0 Å². The fraction of sp³-hybridized carbons (Fsp3) is 0.875. The monoisotopic (exact) mass is 160 g/mol. The van der Waals surface area contributed by atoms with Crippen molar-refractivity contribution < 1.29 is 14.6 Å². The van der Waals surface area contributed by atoms with Gasteiger partial charge < -0.3 is 9.84 Å². The van der Waals surface area contributed by atoms with E-state index < -0.39 is 0 Å². The van der Waals surface area contributed by atoms with E-state index in [0.29, 0.717) is 6.42 Å². The van der Waals surface area contributed by atoms with E-state index in [1.807, 2.05) is 0 Å². The first-order chi connectivity index (χ1) is 5.31. The second kappa shape index (κ2) is 7.54. The molecule has 3 nitrogen and oxygen atoms in total. The highest BCUT2D eigenvalue weighted by molar-refractivity contribution is 5.69. The van der Waals surface area contributed by atoms with E-state index in [2.05, 4.69) is 11.7 Å². The van der Waals surface area contributed by atoms with Crippen LogP contribution in [0, 0.1) is 0 Å². The van der Waals surface area contributed by atoms with Crippen molar-refractivity contribution in [2.75, 3.05) is 13.2 Å². The van der Waals surface area contributed by atoms with Crippen molar-refractivity contribution in [3.8, 4) is 0 Å². The van der Waals surface area contributed by atoms with Crippen molar-refractivity contribution in [3.05, 3.63) is 0 Å². The van der Waals surface area contributed by atoms with Crippen LogP contribution in [0.15, 0.2) is 0 Å². The molecule has 0 aromatic rings. The minimum Gasteiger partial charge on any atom is -0.463 e. The molecule has 0 radical (unpaired) electrons. The van der Waals surface area contributed by atoms with Gasteiger partial charge in [-0.3, -0.25) is 4.79 Å². The minimum atomic E-state index is -0.201. The molecule has 0 aliphatic heterocycles. The number of esters is 1. The van der Waals surface area contributed by atoms with Crippen LogP contribution < -0.4 is 0 Å². The highest BCUT2D eigenvalue weighted by Crippen LogP contribution is 1.99. The molecule has 0 saturated heterocycles. The third-order valence-electron chi connectivity index (χ3n) is 1.34. The number of hydrogen-bond donors (Lipinski definition) is 1. The quantitative estimate of drug-likeness (QED) is 0.467. The van der Waals surface area contributed by atoms with E-state index in [0.717, 1.165) is 19.3 Å². The summed E-state index contributed by atoms with van der Waals surface area (Å²) in [6.07, 6.45) is 3.54. The molecule has 0 aliphatic carbocycles. The maximum Gasteiger partial charge on any atom is 0.305 e. The molecule has 0 bridgehead atoms. The molecule has 0 unspecified atom stereocenters. The van der Waals surface area contributed by atoms with Crippen LogP contribution in [0.4, 0.5) is 0 Å². The summed E-state index contributed by atoms with van der Waals surface area (Å²) >= 11 is 0. The number of unbranched alkanes of at least 4 members (excludes halogenated alkanes) is 2. The molecule has 0 aromatic carbocycles. The Bertz CT molecular complexity index is 102.